The number of urea groups is 1. The Hall–Kier alpha value is -3.19. The molecule has 7 nitrogen and oxygen atoms in total. The number of methoxy groups -OCH3 is 2. The van der Waals surface area contributed by atoms with Crippen molar-refractivity contribution in [2.75, 3.05) is 27.3 Å². The summed E-state index contributed by atoms with van der Waals surface area (Å²) in [6, 6.07) is 9.54. The van der Waals surface area contributed by atoms with Crippen molar-refractivity contribution in [2.45, 2.75) is 38.5 Å². The molecule has 2 N–H and O–H groups in total. The summed E-state index contributed by atoms with van der Waals surface area (Å²) in [4.78, 5) is 13.3. The topological polar surface area (TPSA) is 84.2 Å². The van der Waals surface area contributed by atoms with Crippen LogP contribution in [0.3, 0.4) is 0 Å². The number of nitrogens with zero attached hydrogens (tertiary/aromatic N) is 1. The Bertz CT molecular complexity index is 953. The molecule has 0 unspecified atom stereocenters. The average molecular weight is 441 g/mol. The van der Waals surface area contributed by atoms with Gasteiger partial charge < -0.3 is 18.8 Å². The number of benzene rings is 1. The van der Waals surface area contributed by atoms with E-state index in [0.717, 1.165) is 65.4 Å². The van der Waals surface area contributed by atoms with Crippen LogP contribution in [-0.4, -0.2) is 43.4 Å². The van der Waals surface area contributed by atoms with Gasteiger partial charge in [-0.1, -0.05) is 18.7 Å². The molecule has 7 heteroatoms. The first-order valence-electron chi connectivity index (χ1n) is 10.8. The minimum Gasteiger partial charge on any atom is -0.501 e. The van der Waals surface area contributed by atoms with Gasteiger partial charge in [0.15, 0.2) is 0 Å². The summed E-state index contributed by atoms with van der Waals surface area (Å²) in [5, 5.41) is 8.87. The van der Waals surface area contributed by atoms with E-state index < -0.39 is 6.03 Å². The maximum Gasteiger partial charge on any atom is 0.341 e. The fraction of sp³-hybridized carbons (Fsp3) is 0.400. The smallest absolute Gasteiger partial charge is 0.341 e. The highest BCUT2D eigenvalue weighted by molar-refractivity contribution is 5.78. The van der Waals surface area contributed by atoms with Crippen LogP contribution in [0.15, 0.2) is 53.2 Å². The lowest BCUT2D eigenvalue weighted by molar-refractivity contribution is 0.119. The average Bonchev–Trinajstić information content (AvgIpc) is 3.30. The van der Waals surface area contributed by atoms with E-state index in [4.69, 9.17) is 19.1 Å². The number of likely N-dealkylation sites (tertiary alicyclic amines) is 1. The lowest BCUT2D eigenvalue weighted by Gasteiger charge is -2.30. The minimum absolute atomic E-state index is 0.196. The van der Waals surface area contributed by atoms with Gasteiger partial charge in [0.05, 0.1) is 20.0 Å². The van der Waals surface area contributed by atoms with E-state index in [1.54, 1.807) is 24.6 Å². The number of carbonyl (C=O) groups excluding carboxylic acids is 1. The number of piperidine rings is 1. The van der Waals surface area contributed by atoms with E-state index in [2.05, 4.69) is 12.6 Å². The van der Waals surface area contributed by atoms with Gasteiger partial charge in [-0.3, -0.25) is 5.21 Å². The SMILES string of the molecule is C=C(CC/C(=C\C)OC)c1oc(C2CCN(C(=O)NO)CC2)cc1-c1ccc(OC)cc1. The molecule has 1 aromatic heterocycles. The van der Waals surface area contributed by atoms with Crippen molar-refractivity contribution in [3.8, 4) is 16.9 Å². The van der Waals surface area contributed by atoms with Crippen LogP contribution in [-0.2, 0) is 4.74 Å². The van der Waals surface area contributed by atoms with Crippen molar-refractivity contribution < 1.29 is 23.9 Å². The van der Waals surface area contributed by atoms with E-state index in [-0.39, 0.29) is 5.92 Å². The molecule has 3 rings (SSSR count). The lowest BCUT2D eigenvalue weighted by atomic mass is 9.93. The Morgan fingerprint density at radius 3 is 2.50 bits per heavy atom. The third kappa shape index (κ3) is 5.34. The van der Waals surface area contributed by atoms with Crippen LogP contribution < -0.4 is 10.2 Å². The molecule has 0 atom stereocenters. The molecule has 32 heavy (non-hydrogen) atoms. The predicted octanol–water partition coefficient (Wildman–Crippen LogP) is 5.58. The predicted molar refractivity (Wildman–Crippen MR) is 124 cm³/mol. The number of ether oxygens (including phenoxy) is 2. The molecular weight excluding hydrogens is 408 g/mol. The zero-order valence-corrected chi connectivity index (χ0v) is 19.0. The first-order valence-corrected chi connectivity index (χ1v) is 10.8. The number of rotatable bonds is 8. The number of hydrogen-bond acceptors (Lipinski definition) is 5. The number of hydrogen-bond donors (Lipinski definition) is 2. The molecule has 2 heterocycles. The van der Waals surface area contributed by atoms with Gasteiger partial charge in [-0.05, 0) is 61.6 Å². The summed E-state index contributed by atoms with van der Waals surface area (Å²) >= 11 is 0. The number of amides is 2. The normalized spacial score (nSPS) is 14.9. The number of furan rings is 1. The molecule has 1 aromatic carbocycles. The Labute approximate surface area is 189 Å². The summed E-state index contributed by atoms with van der Waals surface area (Å²) in [7, 11) is 3.32. The molecule has 0 radical (unpaired) electrons. The van der Waals surface area contributed by atoms with Crippen LogP contribution in [0.25, 0.3) is 16.7 Å². The van der Waals surface area contributed by atoms with Crippen LogP contribution in [0.4, 0.5) is 4.79 Å². The second-order valence-electron chi connectivity index (χ2n) is 7.86. The van der Waals surface area contributed by atoms with Gasteiger partial charge in [-0.15, -0.1) is 0 Å². The van der Waals surface area contributed by atoms with E-state index >= 15 is 0 Å². The third-order valence-electron chi connectivity index (χ3n) is 6.01. The monoisotopic (exact) mass is 440 g/mol. The van der Waals surface area contributed by atoms with E-state index in [1.165, 1.54) is 0 Å². The molecule has 1 saturated heterocycles. The van der Waals surface area contributed by atoms with Crippen molar-refractivity contribution >= 4 is 11.6 Å². The summed E-state index contributed by atoms with van der Waals surface area (Å²) < 4.78 is 17.1. The largest absolute Gasteiger partial charge is 0.501 e. The van der Waals surface area contributed by atoms with Gasteiger partial charge in [0.2, 0.25) is 0 Å². The molecule has 0 spiro atoms. The van der Waals surface area contributed by atoms with E-state index in [1.807, 2.05) is 37.3 Å². The fourth-order valence-corrected chi connectivity index (χ4v) is 4.05. The highest BCUT2D eigenvalue weighted by Gasteiger charge is 2.27. The molecule has 0 bridgehead atoms. The summed E-state index contributed by atoms with van der Waals surface area (Å²) in [5.74, 6) is 3.59. The van der Waals surface area contributed by atoms with E-state index in [9.17, 15) is 4.79 Å². The molecule has 2 amide bonds. The molecule has 0 saturated carbocycles. The lowest BCUT2D eigenvalue weighted by Crippen LogP contribution is -2.42. The number of nitrogens with one attached hydrogen (secondary N) is 1. The second kappa shape index (κ2) is 10.9. The molecule has 1 aliphatic rings. The highest BCUT2D eigenvalue weighted by atomic mass is 16.5. The maximum absolute atomic E-state index is 11.7. The van der Waals surface area contributed by atoms with E-state index in [0.29, 0.717) is 13.1 Å². The molecule has 1 aliphatic heterocycles. The van der Waals surface area contributed by atoms with Crippen molar-refractivity contribution in [3.05, 3.63) is 60.3 Å². The minimum atomic E-state index is -0.464. The Morgan fingerprint density at radius 2 is 1.94 bits per heavy atom. The van der Waals surface area contributed by atoms with Gasteiger partial charge >= 0.3 is 6.03 Å². The van der Waals surface area contributed by atoms with Crippen molar-refractivity contribution in [3.63, 3.8) is 0 Å². The van der Waals surface area contributed by atoms with Crippen molar-refractivity contribution in [1.82, 2.24) is 10.4 Å². The van der Waals surface area contributed by atoms with Gasteiger partial charge in [-0.2, -0.15) is 0 Å². The van der Waals surface area contributed by atoms with Crippen molar-refractivity contribution in [2.24, 2.45) is 0 Å². The molecular formula is C25H32N2O5. The van der Waals surface area contributed by atoms with Crippen LogP contribution >= 0.6 is 0 Å². The number of hydroxylamine groups is 1. The summed E-state index contributed by atoms with van der Waals surface area (Å²) in [5.41, 5.74) is 4.66. The highest BCUT2D eigenvalue weighted by Crippen LogP contribution is 2.39. The first-order chi connectivity index (χ1) is 15.5. The standard InChI is InChI=1S/C25H32N2O5/c1-5-20(30-3)9-6-17(2)24-22(18-7-10-21(31-4)11-8-18)16-23(32-24)19-12-14-27(15-13-19)25(28)26-29/h5,7-8,10-11,16,19,29H,2,6,9,12-15H2,1,3-4H3,(H,26,28)/b20-5+. The van der Waals surface area contributed by atoms with Crippen LogP contribution in [0.5, 0.6) is 5.75 Å². The van der Waals surface area contributed by atoms with Gasteiger partial charge in [0.25, 0.3) is 0 Å². The number of allylic oxidation sites excluding steroid dienone is 3. The Kier molecular flexibility index (Phi) is 8.00. The zero-order chi connectivity index (χ0) is 23.1. The summed E-state index contributed by atoms with van der Waals surface area (Å²) in [6.07, 6.45) is 4.96. The molecule has 1 fully saturated rings. The first kappa shape index (κ1) is 23.5. The molecule has 172 valence electrons. The Balaban J connectivity index is 1.86. The van der Waals surface area contributed by atoms with Gasteiger partial charge in [0.1, 0.15) is 17.3 Å². The number of carbonyl (C=O) groups is 1. The Morgan fingerprint density at radius 1 is 1.25 bits per heavy atom. The van der Waals surface area contributed by atoms with Gasteiger partial charge in [-0.25, -0.2) is 10.3 Å². The quantitative estimate of drug-likeness (QED) is 0.318. The maximum atomic E-state index is 11.7. The molecule has 0 aliphatic carbocycles. The van der Waals surface area contributed by atoms with Gasteiger partial charge in [0, 0.05) is 31.0 Å². The van der Waals surface area contributed by atoms with Crippen LogP contribution in [0.2, 0.25) is 0 Å². The zero-order valence-electron chi connectivity index (χ0n) is 19.0. The third-order valence-corrected chi connectivity index (χ3v) is 6.01. The van der Waals surface area contributed by atoms with Crippen LogP contribution in [0.1, 0.15) is 50.0 Å². The fourth-order valence-electron chi connectivity index (χ4n) is 4.05. The van der Waals surface area contributed by atoms with Crippen LogP contribution in [0, 0.1) is 0 Å². The van der Waals surface area contributed by atoms with Crippen molar-refractivity contribution in [1.29, 1.82) is 0 Å². The summed E-state index contributed by atoms with van der Waals surface area (Å²) in [6.45, 7) is 7.38. The molecule has 2 aromatic rings. The second-order valence-corrected chi connectivity index (χ2v) is 7.86.